The highest BCUT2D eigenvalue weighted by molar-refractivity contribution is 5.87. The molecule has 2 aliphatic heterocycles. The molecule has 0 aliphatic carbocycles. The molecule has 3 rings (SSSR count). The zero-order chi connectivity index (χ0) is 19.9. The van der Waals surface area contributed by atoms with E-state index in [1.807, 2.05) is 0 Å². The van der Waals surface area contributed by atoms with E-state index in [9.17, 15) is 14.4 Å². The highest BCUT2D eigenvalue weighted by Crippen LogP contribution is 2.17. The summed E-state index contributed by atoms with van der Waals surface area (Å²) in [4.78, 5) is 38.1. The van der Waals surface area contributed by atoms with Crippen LogP contribution in [0.2, 0.25) is 0 Å². The topological polar surface area (TPSA) is 97.0 Å². The van der Waals surface area contributed by atoms with Crippen molar-refractivity contribution < 1.29 is 23.9 Å². The molecule has 2 fully saturated rings. The molecule has 0 saturated carbocycles. The Labute approximate surface area is 176 Å². The molecule has 0 aromatic heterocycles. The minimum absolute atomic E-state index is 0. The van der Waals surface area contributed by atoms with Crippen molar-refractivity contribution in [3.05, 3.63) is 29.8 Å². The van der Waals surface area contributed by atoms with Gasteiger partial charge in [-0.3, -0.25) is 4.79 Å². The van der Waals surface area contributed by atoms with Gasteiger partial charge in [0.25, 0.3) is 0 Å². The van der Waals surface area contributed by atoms with Crippen molar-refractivity contribution in [2.45, 2.75) is 44.2 Å². The zero-order valence-corrected chi connectivity index (χ0v) is 17.3. The van der Waals surface area contributed by atoms with E-state index < -0.39 is 12.0 Å². The molecule has 2 saturated heterocycles. The molecule has 1 aromatic rings. The van der Waals surface area contributed by atoms with Gasteiger partial charge in [0.05, 0.1) is 13.2 Å². The van der Waals surface area contributed by atoms with Crippen LogP contribution in [-0.4, -0.2) is 61.7 Å². The van der Waals surface area contributed by atoms with Crippen LogP contribution in [0.25, 0.3) is 0 Å². The summed E-state index contributed by atoms with van der Waals surface area (Å²) >= 11 is 0. The van der Waals surface area contributed by atoms with Gasteiger partial charge in [0, 0.05) is 19.5 Å². The monoisotopic (exact) mass is 425 g/mol. The van der Waals surface area contributed by atoms with E-state index in [1.54, 1.807) is 29.2 Å². The van der Waals surface area contributed by atoms with Gasteiger partial charge in [0.2, 0.25) is 5.91 Å². The summed E-state index contributed by atoms with van der Waals surface area (Å²) in [6.07, 6.45) is 3.67. The predicted molar refractivity (Wildman–Crippen MR) is 109 cm³/mol. The predicted octanol–water partition coefficient (Wildman–Crippen LogP) is 1.66. The fourth-order valence-electron chi connectivity index (χ4n) is 3.51. The first-order valence-electron chi connectivity index (χ1n) is 9.74. The van der Waals surface area contributed by atoms with Crippen molar-refractivity contribution in [1.82, 2.24) is 15.5 Å². The van der Waals surface area contributed by atoms with Gasteiger partial charge in [-0.2, -0.15) is 0 Å². The first kappa shape index (κ1) is 23.0. The van der Waals surface area contributed by atoms with E-state index in [0.29, 0.717) is 12.2 Å². The van der Waals surface area contributed by atoms with Gasteiger partial charge in [0.1, 0.15) is 11.8 Å². The van der Waals surface area contributed by atoms with Gasteiger partial charge >= 0.3 is 12.1 Å². The lowest BCUT2D eigenvalue weighted by molar-refractivity contribution is -0.145. The molecular weight excluding hydrogens is 398 g/mol. The van der Waals surface area contributed by atoms with Gasteiger partial charge in [-0.25, -0.2) is 9.59 Å². The summed E-state index contributed by atoms with van der Waals surface area (Å²) in [6, 6.07) is 5.92. The average molecular weight is 426 g/mol. The Balaban J connectivity index is 0.00000300. The summed E-state index contributed by atoms with van der Waals surface area (Å²) in [5, 5.41) is 5.89. The van der Waals surface area contributed by atoms with Gasteiger partial charge in [0.15, 0.2) is 0 Å². The number of methoxy groups -OCH3 is 1. The van der Waals surface area contributed by atoms with Crippen LogP contribution in [0, 0.1) is 0 Å². The van der Waals surface area contributed by atoms with E-state index in [2.05, 4.69) is 10.6 Å². The fraction of sp³-hybridized carbons (Fsp3) is 0.550. The maximum Gasteiger partial charge on any atom is 0.415 e. The molecule has 160 valence electrons. The number of nitrogens with one attached hydrogen (secondary N) is 2. The van der Waals surface area contributed by atoms with Crippen LogP contribution in [0.4, 0.5) is 4.79 Å². The minimum Gasteiger partial charge on any atom is -0.467 e. The number of hydrogen-bond donors (Lipinski definition) is 2. The number of halogens is 1. The second-order valence-corrected chi connectivity index (χ2v) is 7.14. The third-order valence-electron chi connectivity index (χ3n) is 5.11. The molecule has 2 N–H and O–H groups in total. The molecule has 0 unspecified atom stereocenters. The number of ether oxygens (including phenoxy) is 2. The molecule has 29 heavy (non-hydrogen) atoms. The van der Waals surface area contributed by atoms with Gasteiger partial charge in [-0.1, -0.05) is 12.1 Å². The van der Waals surface area contributed by atoms with Gasteiger partial charge in [-0.15, -0.1) is 12.4 Å². The summed E-state index contributed by atoms with van der Waals surface area (Å²) < 4.78 is 10.2. The van der Waals surface area contributed by atoms with Gasteiger partial charge < -0.3 is 25.0 Å². The van der Waals surface area contributed by atoms with Crippen LogP contribution < -0.4 is 15.4 Å². The molecule has 2 amide bonds. The Bertz CT molecular complexity index is 701. The molecule has 2 heterocycles. The van der Waals surface area contributed by atoms with E-state index in [4.69, 9.17) is 9.47 Å². The summed E-state index contributed by atoms with van der Waals surface area (Å²) in [6.45, 7) is 2.26. The Hall–Kier alpha value is -2.32. The van der Waals surface area contributed by atoms with Crippen LogP contribution in [0.3, 0.4) is 0 Å². The van der Waals surface area contributed by atoms with E-state index >= 15 is 0 Å². The number of esters is 1. The standard InChI is InChI=1S/C20H27N3O5.ClH/c1-27-19(25)17(22-18(24)16-5-4-10-21-16)13-14-6-8-15(9-7-14)28-20(26)23-11-2-3-12-23;/h6-9,16-17,21H,2-5,10-13H2,1H3,(H,22,24);1H/t16-,17-;/m0./s1. The van der Waals surface area contributed by atoms with Crippen molar-refractivity contribution >= 4 is 30.4 Å². The Kier molecular flexibility index (Phi) is 8.72. The van der Waals surface area contributed by atoms with E-state index in [1.165, 1.54) is 7.11 Å². The van der Waals surface area contributed by atoms with Crippen molar-refractivity contribution in [2.75, 3.05) is 26.7 Å². The highest BCUT2D eigenvalue weighted by Gasteiger charge is 2.28. The molecular formula is C20H28ClN3O5. The first-order valence-corrected chi connectivity index (χ1v) is 9.74. The second kappa shape index (κ2) is 11.0. The number of carbonyl (C=O) groups excluding carboxylic acids is 3. The molecule has 0 radical (unpaired) electrons. The third-order valence-corrected chi connectivity index (χ3v) is 5.11. The summed E-state index contributed by atoms with van der Waals surface area (Å²) in [5.74, 6) is -0.227. The number of hydrogen-bond acceptors (Lipinski definition) is 6. The lowest BCUT2D eigenvalue weighted by Gasteiger charge is -2.19. The molecule has 0 bridgehead atoms. The lowest BCUT2D eigenvalue weighted by atomic mass is 10.0. The number of rotatable bonds is 6. The lowest BCUT2D eigenvalue weighted by Crippen LogP contribution is -2.49. The molecule has 1 aromatic carbocycles. The number of amides is 2. The average Bonchev–Trinajstić information content (AvgIpc) is 3.42. The van der Waals surface area contributed by atoms with Crippen molar-refractivity contribution in [1.29, 1.82) is 0 Å². The van der Waals surface area contributed by atoms with Crippen molar-refractivity contribution in [3.63, 3.8) is 0 Å². The van der Waals surface area contributed by atoms with E-state index in [0.717, 1.165) is 50.9 Å². The SMILES string of the molecule is COC(=O)[C@H](Cc1ccc(OC(=O)N2CCCC2)cc1)NC(=O)[C@@H]1CCCN1.Cl. The minimum atomic E-state index is -0.766. The second-order valence-electron chi connectivity index (χ2n) is 7.14. The molecule has 9 heteroatoms. The fourth-order valence-corrected chi connectivity index (χ4v) is 3.51. The first-order chi connectivity index (χ1) is 13.6. The number of likely N-dealkylation sites (tertiary alicyclic amines) is 1. The van der Waals surface area contributed by atoms with Crippen molar-refractivity contribution in [2.24, 2.45) is 0 Å². The van der Waals surface area contributed by atoms with Crippen LogP contribution in [0.1, 0.15) is 31.2 Å². The van der Waals surface area contributed by atoms with Crippen LogP contribution >= 0.6 is 12.4 Å². The summed E-state index contributed by atoms with van der Waals surface area (Å²) in [7, 11) is 1.30. The number of nitrogens with zero attached hydrogens (tertiary/aromatic N) is 1. The quantitative estimate of drug-likeness (QED) is 0.673. The Morgan fingerprint density at radius 3 is 2.45 bits per heavy atom. The maximum atomic E-state index is 12.3. The maximum absolute atomic E-state index is 12.3. The van der Waals surface area contributed by atoms with Crippen molar-refractivity contribution in [3.8, 4) is 5.75 Å². The molecule has 2 aliphatic rings. The zero-order valence-electron chi connectivity index (χ0n) is 16.5. The van der Waals surface area contributed by atoms with Crippen LogP contribution in [0.5, 0.6) is 5.75 Å². The van der Waals surface area contributed by atoms with Crippen LogP contribution in [0.15, 0.2) is 24.3 Å². The molecule has 0 spiro atoms. The normalized spacial score (nSPS) is 19.2. The Morgan fingerprint density at radius 1 is 1.17 bits per heavy atom. The number of benzene rings is 1. The third kappa shape index (κ3) is 6.33. The number of carbonyl (C=O) groups is 3. The van der Waals surface area contributed by atoms with E-state index in [-0.39, 0.29) is 30.4 Å². The Morgan fingerprint density at radius 2 is 1.86 bits per heavy atom. The smallest absolute Gasteiger partial charge is 0.415 e. The largest absolute Gasteiger partial charge is 0.467 e. The summed E-state index contributed by atoms with van der Waals surface area (Å²) in [5.41, 5.74) is 0.830. The highest BCUT2D eigenvalue weighted by atomic mass is 35.5. The molecule has 2 atom stereocenters. The molecule has 8 nitrogen and oxygen atoms in total. The van der Waals surface area contributed by atoms with Gasteiger partial charge in [-0.05, 0) is 49.9 Å². The van der Waals surface area contributed by atoms with Crippen LogP contribution in [-0.2, 0) is 20.7 Å².